The van der Waals surface area contributed by atoms with E-state index in [0.717, 1.165) is 12.0 Å². The molecule has 0 aliphatic carbocycles. The molecule has 1 aromatic rings. The van der Waals surface area contributed by atoms with Crippen molar-refractivity contribution < 1.29 is 9.57 Å². The van der Waals surface area contributed by atoms with Gasteiger partial charge < -0.3 is 9.57 Å². The molecular formula is C16H18N2O2. The van der Waals surface area contributed by atoms with Gasteiger partial charge in [0.1, 0.15) is 6.10 Å². The van der Waals surface area contributed by atoms with Crippen LogP contribution in [0.4, 0.5) is 0 Å². The topological polar surface area (TPSA) is 56.8 Å². The summed E-state index contributed by atoms with van der Waals surface area (Å²) in [5.41, 5.74) is 3.25. The number of nitrogens with zero attached hydrogens (tertiary/aromatic N) is 1. The molecule has 0 amide bonds. The van der Waals surface area contributed by atoms with Crippen molar-refractivity contribution in [3.05, 3.63) is 66.5 Å². The van der Waals surface area contributed by atoms with Crippen molar-refractivity contribution in [2.24, 2.45) is 10.9 Å². The van der Waals surface area contributed by atoms with Crippen LogP contribution < -0.4 is 5.90 Å². The number of ether oxygens (including phenoxy) is 1. The second-order valence-electron chi connectivity index (χ2n) is 4.60. The lowest BCUT2D eigenvalue weighted by Gasteiger charge is -2.14. The van der Waals surface area contributed by atoms with E-state index in [-0.39, 0.29) is 12.0 Å². The Bertz CT molecular complexity index is 563. The van der Waals surface area contributed by atoms with Gasteiger partial charge in [-0.25, -0.2) is 4.99 Å². The van der Waals surface area contributed by atoms with Gasteiger partial charge in [-0.2, -0.15) is 5.90 Å². The van der Waals surface area contributed by atoms with Gasteiger partial charge in [-0.15, -0.1) is 0 Å². The molecule has 1 heterocycles. The van der Waals surface area contributed by atoms with Crippen LogP contribution in [-0.4, -0.2) is 12.0 Å². The SMILES string of the molecule is C=C(N=C(ON)C(=C)C1CC=CO1)c1ccc(C)cc1. The first kappa shape index (κ1) is 14.1. The third-order valence-electron chi connectivity index (χ3n) is 3.09. The first-order valence-electron chi connectivity index (χ1n) is 6.33. The predicted octanol–water partition coefficient (Wildman–Crippen LogP) is 3.11. The summed E-state index contributed by atoms with van der Waals surface area (Å²) in [6.07, 6.45) is 4.11. The Hall–Kier alpha value is -2.33. The van der Waals surface area contributed by atoms with Crippen molar-refractivity contribution in [2.75, 3.05) is 0 Å². The molecular weight excluding hydrogens is 252 g/mol. The molecule has 1 atom stereocenters. The summed E-state index contributed by atoms with van der Waals surface area (Å²) in [7, 11) is 0. The fourth-order valence-electron chi connectivity index (χ4n) is 1.85. The van der Waals surface area contributed by atoms with E-state index in [4.69, 9.17) is 15.5 Å². The third-order valence-corrected chi connectivity index (χ3v) is 3.09. The molecule has 0 aromatic heterocycles. The van der Waals surface area contributed by atoms with E-state index in [1.54, 1.807) is 6.26 Å². The van der Waals surface area contributed by atoms with E-state index >= 15 is 0 Å². The van der Waals surface area contributed by atoms with Gasteiger partial charge in [-0.05, 0) is 18.6 Å². The number of aliphatic imine (C=N–C) groups is 1. The summed E-state index contributed by atoms with van der Waals surface area (Å²) in [4.78, 5) is 9.13. The molecule has 2 N–H and O–H groups in total. The van der Waals surface area contributed by atoms with Crippen LogP contribution >= 0.6 is 0 Å². The van der Waals surface area contributed by atoms with E-state index < -0.39 is 0 Å². The van der Waals surface area contributed by atoms with Gasteiger partial charge >= 0.3 is 0 Å². The van der Waals surface area contributed by atoms with Crippen LogP contribution in [-0.2, 0) is 9.57 Å². The fraction of sp³-hybridized carbons (Fsp3) is 0.188. The van der Waals surface area contributed by atoms with Crippen molar-refractivity contribution in [3.63, 3.8) is 0 Å². The minimum Gasteiger partial charge on any atom is -0.493 e. The monoisotopic (exact) mass is 270 g/mol. The van der Waals surface area contributed by atoms with E-state index in [1.807, 2.05) is 37.3 Å². The Balaban J connectivity index is 2.15. The highest BCUT2D eigenvalue weighted by Gasteiger charge is 2.21. The lowest BCUT2D eigenvalue weighted by atomic mass is 10.1. The van der Waals surface area contributed by atoms with E-state index in [9.17, 15) is 0 Å². The highest BCUT2D eigenvalue weighted by atomic mass is 16.6. The zero-order chi connectivity index (χ0) is 14.5. The van der Waals surface area contributed by atoms with Gasteiger partial charge in [0.15, 0.2) is 0 Å². The van der Waals surface area contributed by atoms with Crippen LogP contribution in [0.1, 0.15) is 17.5 Å². The second-order valence-corrected chi connectivity index (χ2v) is 4.60. The highest BCUT2D eigenvalue weighted by Crippen LogP contribution is 2.21. The molecule has 0 fully saturated rings. The molecule has 0 radical (unpaired) electrons. The molecule has 4 nitrogen and oxygen atoms in total. The lowest BCUT2D eigenvalue weighted by molar-refractivity contribution is 0.202. The molecule has 1 aromatic carbocycles. The molecule has 0 spiro atoms. The highest BCUT2D eigenvalue weighted by molar-refractivity contribution is 5.97. The maximum absolute atomic E-state index is 5.37. The van der Waals surface area contributed by atoms with Gasteiger partial charge in [0.25, 0.3) is 0 Å². The average Bonchev–Trinajstić information content (AvgIpc) is 2.98. The van der Waals surface area contributed by atoms with Gasteiger partial charge in [-0.3, -0.25) is 0 Å². The van der Waals surface area contributed by atoms with Crippen LogP contribution in [0.2, 0.25) is 0 Å². The largest absolute Gasteiger partial charge is 0.493 e. The molecule has 0 saturated heterocycles. The van der Waals surface area contributed by atoms with E-state index in [2.05, 4.69) is 18.2 Å². The molecule has 4 heteroatoms. The zero-order valence-corrected chi connectivity index (χ0v) is 11.5. The number of aryl methyl sites for hydroxylation is 1. The Kier molecular flexibility index (Phi) is 4.38. The van der Waals surface area contributed by atoms with Crippen LogP contribution in [0, 0.1) is 6.92 Å². The molecule has 1 aliphatic heterocycles. The summed E-state index contributed by atoms with van der Waals surface area (Å²) in [5, 5.41) is 0. The Morgan fingerprint density at radius 3 is 2.60 bits per heavy atom. The maximum Gasteiger partial charge on any atom is 0.244 e. The van der Waals surface area contributed by atoms with Crippen molar-refractivity contribution in [2.45, 2.75) is 19.4 Å². The van der Waals surface area contributed by atoms with E-state index in [1.165, 1.54) is 5.56 Å². The summed E-state index contributed by atoms with van der Waals surface area (Å²) in [6.45, 7) is 9.88. The van der Waals surface area contributed by atoms with E-state index in [0.29, 0.717) is 11.3 Å². The lowest BCUT2D eigenvalue weighted by Crippen LogP contribution is -2.21. The molecule has 1 unspecified atom stereocenters. The first-order valence-corrected chi connectivity index (χ1v) is 6.33. The van der Waals surface area contributed by atoms with Crippen molar-refractivity contribution >= 4 is 11.6 Å². The van der Waals surface area contributed by atoms with Gasteiger partial charge in [0, 0.05) is 12.0 Å². The average molecular weight is 270 g/mol. The summed E-state index contributed by atoms with van der Waals surface area (Å²) < 4.78 is 5.37. The molecule has 0 saturated carbocycles. The van der Waals surface area contributed by atoms with Crippen molar-refractivity contribution in [1.29, 1.82) is 0 Å². The number of hydrogen-bond acceptors (Lipinski definition) is 4. The maximum atomic E-state index is 5.37. The standard InChI is InChI=1S/C16H18N2O2/c1-11-6-8-14(9-7-11)13(3)18-16(20-17)12(2)15-5-4-10-19-15/h4,6-10,15H,2-3,5,17H2,1H3. The predicted molar refractivity (Wildman–Crippen MR) is 80.7 cm³/mol. The smallest absolute Gasteiger partial charge is 0.244 e. The second kappa shape index (κ2) is 6.21. The molecule has 20 heavy (non-hydrogen) atoms. The number of nitrogens with two attached hydrogens (primary N) is 1. The fourth-order valence-corrected chi connectivity index (χ4v) is 1.85. The van der Waals surface area contributed by atoms with Crippen molar-refractivity contribution in [1.82, 2.24) is 0 Å². The Morgan fingerprint density at radius 1 is 1.35 bits per heavy atom. The van der Waals surface area contributed by atoms with Crippen LogP contribution in [0.3, 0.4) is 0 Å². The number of benzene rings is 1. The molecule has 2 rings (SSSR count). The summed E-state index contributed by atoms with van der Waals surface area (Å²) >= 11 is 0. The quantitative estimate of drug-likeness (QED) is 0.519. The number of rotatable bonds is 4. The molecule has 0 bridgehead atoms. The molecule has 1 aliphatic rings. The Morgan fingerprint density at radius 2 is 2.05 bits per heavy atom. The third kappa shape index (κ3) is 3.16. The van der Waals surface area contributed by atoms with Crippen LogP contribution in [0.25, 0.3) is 5.70 Å². The zero-order valence-electron chi connectivity index (χ0n) is 11.5. The minimum absolute atomic E-state index is 0.178. The summed E-state index contributed by atoms with van der Waals surface area (Å²) in [5.74, 6) is 5.52. The Labute approximate surface area is 118 Å². The first-order chi connectivity index (χ1) is 9.61. The summed E-state index contributed by atoms with van der Waals surface area (Å²) in [6, 6.07) is 7.90. The molecule has 104 valence electrons. The van der Waals surface area contributed by atoms with Crippen LogP contribution in [0.5, 0.6) is 0 Å². The minimum atomic E-state index is -0.178. The number of hydrogen-bond donors (Lipinski definition) is 1. The van der Waals surface area contributed by atoms with Crippen molar-refractivity contribution in [3.8, 4) is 0 Å². The normalized spacial score (nSPS) is 17.7. The van der Waals surface area contributed by atoms with Gasteiger partial charge in [-0.1, -0.05) is 43.0 Å². The van der Waals surface area contributed by atoms with Crippen LogP contribution in [0.15, 0.2) is 60.3 Å². The van der Waals surface area contributed by atoms with Gasteiger partial charge in [0.05, 0.1) is 12.0 Å². The van der Waals surface area contributed by atoms with Gasteiger partial charge in [0.2, 0.25) is 5.90 Å².